The minimum atomic E-state index is -0.405. The van der Waals surface area contributed by atoms with Crippen LogP contribution in [-0.4, -0.2) is 37.1 Å². The molecule has 1 heterocycles. The van der Waals surface area contributed by atoms with E-state index in [-0.39, 0.29) is 24.5 Å². The lowest BCUT2D eigenvalue weighted by Crippen LogP contribution is -2.49. The molecule has 0 aromatic heterocycles. The van der Waals surface area contributed by atoms with Gasteiger partial charge in [-0.15, -0.1) is 0 Å². The van der Waals surface area contributed by atoms with Crippen molar-refractivity contribution in [2.75, 3.05) is 18.0 Å². The molecule has 6 nitrogen and oxygen atoms in total. The lowest BCUT2D eigenvalue weighted by Gasteiger charge is -2.34. The van der Waals surface area contributed by atoms with Gasteiger partial charge < -0.3 is 16.0 Å². The van der Waals surface area contributed by atoms with E-state index in [1.54, 1.807) is 0 Å². The summed E-state index contributed by atoms with van der Waals surface area (Å²) < 4.78 is 0. The molecule has 1 saturated carbocycles. The molecular weight excluding hydrogens is 268 g/mol. The maximum Gasteiger partial charge on any atom is 0.321 e. The highest BCUT2D eigenvalue weighted by Gasteiger charge is 2.26. The summed E-state index contributed by atoms with van der Waals surface area (Å²) in [6, 6.07) is 7.77. The average Bonchev–Trinajstić information content (AvgIpc) is 3.22. The molecule has 1 aliphatic carbocycles. The first-order chi connectivity index (χ1) is 10.1. The third-order valence-corrected chi connectivity index (χ3v) is 3.77. The molecule has 3 amide bonds. The lowest BCUT2D eigenvalue weighted by atomic mass is 9.98. The summed E-state index contributed by atoms with van der Waals surface area (Å²) in [4.78, 5) is 25.5. The quantitative estimate of drug-likeness (QED) is 0.749. The maximum absolute atomic E-state index is 12.0. The first kappa shape index (κ1) is 13.9. The Morgan fingerprint density at radius 2 is 2.05 bits per heavy atom. The van der Waals surface area contributed by atoms with Gasteiger partial charge in [0, 0.05) is 24.3 Å². The second-order valence-electron chi connectivity index (χ2n) is 5.77. The van der Waals surface area contributed by atoms with E-state index in [0.29, 0.717) is 6.54 Å². The maximum atomic E-state index is 12.0. The van der Waals surface area contributed by atoms with Crippen molar-refractivity contribution in [1.82, 2.24) is 10.6 Å². The van der Waals surface area contributed by atoms with E-state index in [1.807, 2.05) is 29.2 Å². The van der Waals surface area contributed by atoms with Crippen LogP contribution in [0.5, 0.6) is 0 Å². The number of imide groups is 1. The topological polar surface area (TPSA) is 87.5 Å². The molecule has 1 aromatic carbocycles. The fraction of sp³-hybridized carbons (Fsp3) is 0.467. The Kier molecular flexibility index (Phi) is 3.79. The Labute approximate surface area is 123 Å². The minimum absolute atomic E-state index is 0.00740. The monoisotopic (exact) mass is 288 g/mol. The molecule has 0 bridgehead atoms. The zero-order valence-corrected chi connectivity index (χ0v) is 11.8. The van der Waals surface area contributed by atoms with Crippen LogP contribution in [0.3, 0.4) is 0 Å². The van der Waals surface area contributed by atoms with E-state index < -0.39 is 6.03 Å². The average molecular weight is 288 g/mol. The molecule has 3 rings (SSSR count). The highest BCUT2D eigenvalue weighted by molar-refractivity contribution is 5.96. The number of hydrogen-bond acceptors (Lipinski definition) is 4. The van der Waals surface area contributed by atoms with Crippen molar-refractivity contribution >= 4 is 17.6 Å². The first-order valence-corrected chi connectivity index (χ1v) is 7.30. The molecule has 6 heteroatoms. The molecule has 1 fully saturated rings. The molecular formula is C15H20N4O2. The molecule has 0 spiro atoms. The van der Waals surface area contributed by atoms with Crippen molar-refractivity contribution in [3.05, 3.63) is 29.8 Å². The zero-order chi connectivity index (χ0) is 14.8. The summed E-state index contributed by atoms with van der Waals surface area (Å²) in [5, 5.41) is 5.11. The number of urea groups is 1. The third kappa shape index (κ3) is 3.52. The minimum Gasteiger partial charge on any atom is -0.360 e. The molecule has 4 N–H and O–H groups in total. The summed E-state index contributed by atoms with van der Waals surface area (Å²) in [5.74, 6) is -0.308. The summed E-state index contributed by atoms with van der Waals surface area (Å²) in [7, 11) is 0. The second-order valence-corrected chi connectivity index (χ2v) is 5.77. The molecule has 21 heavy (non-hydrogen) atoms. The van der Waals surface area contributed by atoms with Gasteiger partial charge in [0.1, 0.15) is 0 Å². The van der Waals surface area contributed by atoms with Gasteiger partial charge in [-0.1, -0.05) is 18.2 Å². The Balaban J connectivity index is 1.61. The van der Waals surface area contributed by atoms with Crippen LogP contribution in [0, 0.1) is 0 Å². The fourth-order valence-corrected chi connectivity index (χ4v) is 2.66. The Bertz CT molecular complexity index is 556. The number of rotatable bonds is 3. The summed E-state index contributed by atoms with van der Waals surface area (Å²) in [6.45, 7) is 0.761. The largest absolute Gasteiger partial charge is 0.360 e. The van der Waals surface area contributed by atoms with Gasteiger partial charge in [-0.2, -0.15) is 0 Å². The number of benzene rings is 1. The fourth-order valence-electron chi connectivity index (χ4n) is 2.66. The highest BCUT2D eigenvalue weighted by Crippen LogP contribution is 2.25. The van der Waals surface area contributed by atoms with Gasteiger partial charge in [-0.25, -0.2) is 4.79 Å². The number of carbonyl (C=O) groups is 2. The SMILES string of the molecule is NC1Cc2ccccc2N(CC(=O)NC(=O)NC2CC2)C1. The zero-order valence-electron chi connectivity index (χ0n) is 11.8. The molecule has 2 aliphatic rings. The number of para-hydroxylation sites is 1. The number of amides is 3. The predicted molar refractivity (Wildman–Crippen MR) is 80.0 cm³/mol. The van der Waals surface area contributed by atoms with Gasteiger partial charge in [-0.3, -0.25) is 10.1 Å². The summed E-state index contributed by atoms with van der Waals surface area (Å²) >= 11 is 0. The van der Waals surface area contributed by atoms with Gasteiger partial charge in [0.2, 0.25) is 5.91 Å². The molecule has 1 aromatic rings. The van der Waals surface area contributed by atoms with Gasteiger partial charge in [0.25, 0.3) is 0 Å². The van der Waals surface area contributed by atoms with Gasteiger partial charge in [-0.05, 0) is 30.9 Å². The van der Waals surface area contributed by atoms with E-state index in [1.165, 1.54) is 0 Å². The van der Waals surface area contributed by atoms with Crippen molar-refractivity contribution < 1.29 is 9.59 Å². The van der Waals surface area contributed by atoms with Crippen LogP contribution in [0.2, 0.25) is 0 Å². The molecule has 1 aliphatic heterocycles. The molecule has 112 valence electrons. The summed E-state index contributed by atoms with van der Waals surface area (Å²) in [5.41, 5.74) is 8.21. The lowest BCUT2D eigenvalue weighted by molar-refractivity contribution is -0.118. The Morgan fingerprint density at radius 1 is 1.29 bits per heavy atom. The highest BCUT2D eigenvalue weighted by atomic mass is 16.2. The Morgan fingerprint density at radius 3 is 2.81 bits per heavy atom. The third-order valence-electron chi connectivity index (χ3n) is 3.77. The molecule has 1 atom stereocenters. The number of nitrogens with one attached hydrogen (secondary N) is 2. The van der Waals surface area contributed by atoms with Crippen molar-refractivity contribution in [1.29, 1.82) is 0 Å². The van der Waals surface area contributed by atoms with E-state index in [0.717, 1.165) is 30.5 Å². The van der Waals surface area contributed by atoms with Crippen LogP contribution in [0.4, 0.5) is 10.5 Å². The Hall–Kier alpha value is -2.08. The van der Waals surface area contributed by atoms with Crippen LogP contribution in [0.15, 0.2) is 24.3 Å². The number of carbonyl (C=O) groups excluding carboxylic acids is 2. The van der Waals surface area contributed by atoms with Crippen LogP contribution >= 0.6 is 0 Å². The standard InChI is InChI=1S/C15H20N4O2/c16-11-7-10-3-1-2-4-13(10)19(8-11)9-14(20)18-15(21)17-12-5-6-12/h1-4,11-12H,5-9,16H2,(H2,17,18,20,21). The van der Waals surface area contributed by atoms with Crippen LogP contribution in [-0.2, 0) is 11.2 Å². The van der Waals surface area contributed by atoms with E-state index in [2.05, 4.69) is 10.6 Å². The van der Waals surface area contributed by atoms with Crippen molar-refractivity contribution in [2.24, 2.45) is 5.73 Å². The number of nitrogens with two attached hydrogens (primary N) is 1. The van der Waals surface area contributed by atoms with Crippen LogP contribution in [0.25, 0.3) is 0 Å². The van der Waals surface area contributed by atoms with Gasteiger partial charge in [0.15, 0.2) is 0 Å². The number of hydrogen-bond donors (Lipinski definition) is 3. The number of nitrogens with zero attached hydrogens (tertiary/aromatic N) is 1. The smallest absolute Gasteiger partial charge is 0.321 e. The van der Waals surface area contributed by atoms with Crippen molar-refractivity contribution in [3.8, 4) is 0 Å². The van der Waals surface area contributed by atoms with E-state index in [9.17, 15) is 9.59 Å². The molecule has 0 radical (unpaired) electrons. The first-order valence-electron chi connectivity index (χ1n) is 7.30. The van der Waals surface area contributed by atoms with Crippen molar-refractivity contribution in [2.45, 2.75) is 31.3 Å². The number of anilines is 1. The van der Waals surface area contributed by atoms with E-state index in [4.69, 9.17) is 5.73 Å². The van der Waals surface area contributed by atoms with Crippen LogP contribution in [0.1, 0.15) is 18.4 Å². The van der Waals surface area contributed by atoms with Gasteiger partial charge >= 0.3 is 6.03 Å². The predicted octanol–water partition coefficient (Wildman–Crippen LogP) is 0.365. The normalized spacial score (nSPS) is 20.6. The van der Waals surface area contributed by atoms with Gasteiger partial charge in [0.05, 0.1) is 6.54 Å². The number of fused-ring (bicyclic) bond motifs is 1. The second kappa shape index (κ2) is 5.73. The molecule has 1 unspecified atom stereocenters. The van der Waals surface area contributed by atoms with E-state index >= 15 is 0 Å². The molecule has 0 saturated heterocycles. The van der Waals surface area contributed by atoms with Crippen molar-refractivity contribution in [3.63, 3.8) is 0 Å². The van der Waals surface area contributed by atoms with Crippen LogP contribution < -0.4 is 21.3 Å². The summed E-state index contributed by atoms with van der Waals surface area (Å²) in [6.07, 6.45) is 2.81.